The van der Waals surface area contributed by atoms with E-state index in [9.17, 15) is 14.5 Å². The van der Waals surface area contributed by atoms with Crippen LogP contribution in [0, 0.1) is 36.7 Å². The molecular formula is C18H20FNO2. The minimum Gasteiger partial charge on any atom is -0.265 e. The second-order valence-electron chi connectivity index (χ2n) is 5.73. The van der Waals surface area contributed by atoms with Gasteiger partial charge in [0.25, 0.3) is 0 Å². The molecule has 0 N–H and O–H groups in total. The Hall–Kier alpha value is -2.23. The van der Waals surface area contributed by atoms with Crippen LogP contribution in [0.1, 0.15) is 28.7 Å². The molecule has 2 rings (SSSR count). The van der Waals surface area contributed by atoms with Crippen LogP contribution in [-0.4, -0.2) is 11.5 Å². The van der Waals surface area contributed by atoms with Gasteiger partial charge < -0.3 is 0 Å². The van der Waals surface area contributed by atoms with Crippen LogP contribution in [0.2, 0.25) is 0 Å². The Labute approximate surface area is 129 Å². The molecule has 0 atom stereocenters. The number of rotatable bonds is 5. The van der Waals surface area contributed by atoms with E-state index in [-0.39, 0.29) is 17.3 Å². The van der Waals surface area contributed by atoms with Crippen LogP contribution in [0.25, 0.3) is 11.1 Å². The Morgan fingerprint density at radius 1 is 1.09 bits per heavy atom. The lowest BCUT2D eigenvalue weighted by Gasteiger charge is -2.15. The molecule has 4 heteroatoms. The fourth-order valence-corrected chi connectivity index (χ4v) is 2.78. The fourth-order valence-electron chi connectivity index (χ4n) is 2.78. The van der Waals surface area contributed by atoms with Gasteiger partial charge in [-0.3, -0.25) is 10.1 Å². The molecular weight excluding hydrogens is 281 g/mol. The average molecular weight is 301 g/mol. The topological polar surface area (TPSA) is 43.1 Å². The van der Waals surface area contributed by atoms with Crippen LogP contribution >= 0.6 is 0 Å². The van der Waals surface area contributed by atoms with Crippen LogP contribution in [0.3, 0.4) is 0 Å². The van der Waals surface area contributed by atoms with Gasteiger partial charge in [-0.15, -0.1) is 0 Å². The van der Waals surface area contributed by atoms with Crippen LogP contribution < -0.4 is 0 Å². The third-order valence-electron chi connectivity index (χ3n) is 3.85. The molecule has 22 heavy (non-hydrogen) atoms. The maximum absolute atomic E-state index is 13.5. The molecule has 0 aliphatic heterocycles. The second kappa shape index (κ2) is 6.69. The van der Waals surface area contributed by atoms with Crippen molar-refractivity contribution < 1.29 is 9.31 Å². The molecule has 2 aromatic rings. The lowest BCUT2D eigenvalue weighted by atomic mass is 9.90. The van der Waals surface area contributed by atoms with Gasteiger partial charge in [-0.25, -0.2) is 4.39 Å². The summed E-state index contributed by atoms with van der Waals surface area (Å²) in [5, 5.41) is 10.5. The van der Waals surface area contributed by atoms with E-state index in [4.69, 9.17) is 0 Å². The summed E-state index contributed by atoms with van der Waals surface area (Å²) < 4.78 is 13.5. The van der Waals surface area contributed by atoms with E-state index in [2.05, 4.69) is 12.1 Å². The van der Waals surface area contributed by atoms with Crippen molar-refractivity contribution in [2.45, 2.75) is 33.6 Å². The van der Waals surface area contributed by atoms with E-state index in [0.717, 1.165) is 27.8 Å². The first-order chi connectivity index (χ1) is 10.4. The Kier molecular flexibility index (Phi) is 4.91. The van der Waals surface area contributed by atoms with Gasteiger partial charge >= 0.3 is 0 Å². The predicted octanol–water partition coefficient (Wildman–Crippen LogP) is 4.63. The van der Waals surface area contributed by atoms with E-state index >= 15 is 0 Å². The van der Waals surface area contributed by atoms with E-state index in [1.807, 2.05) is 19.9 Å². The number of nitrogens with zero attached hydrogens (tertiary/aromatic N) is 1. The third kappa shape index (κ3) is 3.70. The van der Waals surface area contributed by atoms with Crippen molar-refractivity contribution >= 4 is 0 Å². The third-order valence-corrected chi connectivity index (χ3v) is 3.85. The van der Waals surface area contributed by atoms with Crippen molar-refractivity contribution in [1.82, 2.24) is 0 Å². The summed E-state index contributed by atoms with van der Waals surface area (Å²) in [4.78, 5) is 10.2. The van der Waals surface area contributed by atoms with Crippen LogP contribution in [-0.2, 0) is 6.42 Å². The summed E-state index contributed by atoms with van der Waals surface area (Å²) >= 11 is 0. The van der Waals surface area contributed by atoms with Gasteiger partial charge in [0, 0.05) is 11.3 Å². The van der Waals surface area contributed by atoms with Crippen molar-refractivity contribution in [2.24, 2.45) is 0 Å². The number of aryl methyl sites for hydroxylation is 3. The van der Waals surface area contributed by atoms with Crippen molar-refractivity contribution in [3.8, 4) is 11.1 Å². The summed E-state index contributed by atoms with van der Waals surface area (Å²) in [6.07, 6.45) is 1.16. The van der Waals surface area contributed by atoms with E-state index in [1.165, 1.54) is 6.07 Å². The van der Waals surface area contributed by atoms with E-state index < -0.39 is 0 Å². The molecule has 0 spiro atoms. The number of halogens is 1. The first-order valence-electron chi connectivity index (χ1n) is 7.37. The number of hydrogen-bond acceptors (Lipinski definition) is 2. The molecule has 116 valence electrons. The molecule has 0 aromatic heterocycles. The standard InChI is InChI=1S/C18H20FNO2/c1-12-9-13(2)16(5-4-8-20(21)22)17(10-12)15-6-7-18(19)14(3)11-15/h6-7,9-11H,4-5,8H2,1-3H3. The Balaban J connectivity index is 2.44. The number of benzene rings is 2. The first kappa shape index (κ1) is 16.1. The second-order valence-corrected chi connectivity index (χ2v) is 5.73. The molecule has 0 amide bonds. The van der Waals surface area contributed by atoms with Crippen LogP contribution in [0.5, 0.6) is 0 Å². The maximum atomic E-state index is 13.5. The van der Waals surface area contributed by atoms with Gasteiger partial charge in [0.2, 0.25) is 6.54 Å². The summed E-state index contributed by atoms with van der Waals surface area (Å²) in [6, 6.07) is 9.24. The zero-order valence-corrected chi connectivity index (χ0v) is 13.1. The van der Waals surface area contributed by atoms with Gasteiger partial charge in [-0.05, 0) is 67.1 Å². The summed E-state index contributed by atoms with van der Waals surface area (Å²) in [7, 11) is 0. The van der Waals surface area contributed by atoms with Gasteiger partial charge in [-0.1, -0.05) is 23.8 Å². The summed E-state index contributed by atoms with van der Waals surface area (Å²) in [5.74, 6) is -0.219. The normalized spacial score (nSPS) is 10.7. The summed E-state index contributed by atoms with van der Waals surface area (Å²) in [6.45, 7) is 5.76. The molecule has 0 saturated heterocycles. The molecule has 3 nitrogen and oxygen atoms in total. The quantitative estimate of drug-likeness (QED) is 0.597. The Morgan fingerprint density at radius 2 is 1.82 bits per heavy atom. The minimum absolute atomic E-state index is 0.0325. The van der Waals surface area contributed by atoms with Crippen molar-refractivity contribution in [3.63, 3.8) is 0 Å². The number of hydrogen-bond donors (Lipinski definition) is 0. The molecule has 0 heterocycles. The largest absolute Gasteiger partial charge is 0.265 e. The molecule has 0 aliphatic carbocycles. The monoisotopic (exact) mass is 301 g/mol. The lowest BCUT2D eigenvalue weighted by molar-refractivity contribution is -0.480. The highest BCUT2D eigenvalue weighted by atomic mass is 19.1. The molecule has 2 aromatic carbocycles. The maximum Gasteiger partial charge on any atom is 0.204 e. The SMILES string of the molecule is Cc1cc(C)c(CCC[N+](=O)[O-])c(-c2ccc(F)c(C)c2)c1. The highest BCUT2D eigenvalue weighted by Gasteiger charge is 2.11. The molecule has 0 fully saturated rings. The van der Waals surface area contributed by atoms with Gasteiger partial charge in [0.15, 0.2) is 0 Å². The van der Waals surface area contributed by atoms with Crippen molar-refractivity contribution in [1.29, 1.82) is 0 Å². The van der Waals surface area contributed by atoms with Crippen LogP contribution in [0.4, 0.5) is 4.39 Å². The molecule has 0 aliphatic rings. The smallest absolute Gasteiger partial charge is 0.204 e. The minimum atomic E-state index is -0.286. The van der Waals surface area contributed by atoms with Gasteiger partial charge in [0.05, 0.1) is 0 Å². The first-order valence-corrected chi connectivity index (χ1v) is 7.37. The zero-order valence-electron chi connectivity index (χ0n) is 13.1. The van der Waals surface area contributed by atoms with Crippen molar-refractivity contribution in [3.05, 3.63) is 68.5 Å². The highest BCUT2D eigenvalue weighted by molar-refractivity contribution is 5.70. The number of nitro groups is 1. The molecule has 0 unspecified atom stereocenters. The van der Waals surface area contributed by atoms with E-state index in [1.54, 1.807) is 13.0 Å². The molecule has 0 bridgehead atoms. The molecule has 0 radical (unpaired) electrons. The van der Waals surface area contributed by atoms with Gasteiger partial charge in [-0.2, -0.15) is 0 Å². The Bertz CT molecular complexity index is 710. The average Bonchev–Trinajstić information content (AvgIpc) is 2.43. The zero-order chi connectivity index (χ0) is 16.3. The summed E-state index contributed by atoms with van der Waals surface area (Å²) in [5.41, 5.74) is 5.98. The Morgan fingerprint density at radius 3 is 2.45 bits per heavy atom. The molecule has 0 saturated carbocycles. The van der Waals surface area contributed by atoms with E-state index in [0.29, 0.717) is 18.4 Å². The van der Waals surface area contributed by atoms with Gasteiger partial charge in [0.1, 0.15) is 5.82 Å². The highest BCUT2D eigenvalue weighted by Crippen LogP contribution is 2.30. The van der Waals surface area contributed by atoms with Crippen molar-refractivity contribution in [2.75, 3.05) is 6.54 Å². The lowest BCUT2D eigenvalue weighted by Crippen LogP contribution is -2.04. The van der Waals surface area contributed by atoms with Crippen LogP contribution in [0.15, 0.2) is 30.3 Å². The predicted molar refractivity (Wildman–Crippen MR) is 86.2 cm³/mol. The fraction of sp³-hybridized carbons (Fsp3) is 0.333.